The number of rotatable bonds is 5. The average molecular weight is 304 g/mol. The second-order valence-electron chi connectivity index (χ2n) is 5.75. The number of nitrogens with zero attached hydrogens (tertiary/aromatic N) is 2. The van der Waals surface area contributed by atoms with Gasteiger partial charge in [-0.1, -0.05) is 19.1 Å². The van der Waals surface area contributed by atoms with Crippen molar-refractivity contribution in [3.05, 3.63) is 29.8 Å². The smallest absolute Gasteiger partial charge is 0.255 e. The number of piperidine rings is 1. The lowest BCUT2D eigenvalue weighted by Gasteiger charge is -2.31. The Morgan fingerprint density at radius 2 is 2.09 bits per heavy atom. The standard InChI is InChI=1S/C16H24N4O2/c1-12-5-7-20(8-6-12)16(18)19-10-13-3-2-4-14(9-13)22-11-15(17)21/h2-4,9,12H,5-8,10-11H2,1H3,(H2,17,21)(H2,18,19). The first-order chi connectivity index (χ1) is 10.5. The van der Waals surface area contributed by atoms with E-state index in [1.54, 1.807) is 6.07 Å². The summed E-state index contributed by atoms with van der Waals surface area (Å²) < 4.78 is 5.28. The van der Waals surface area contributed by atoms with E-state index in [0.717, 1.165) is 37.4 Å². The number of benzene rings is 1. The third-order valence-corrected chi connectivity index (χ3v) is 3.81. The van der Waals surface area contributed by atoms with Crippen molar-refractivity contribution in [1.82, 2.24) is 4.90 Å². The summed E-state index contributed by atoms with van der Waals surface area (Å²) in [6.45, 7) is 4.57. The molecule has 6 heteroatoms. The van der Waals surface area contributed by atoms with E-state index >= 15 is 0 Å². The van der Waals surface area contributed by atoms with E-state index in [2.05, 4.69) is 16.8 Å². The predicted octanol–water partition coefficient (Wildman–Crippen LogP) is 1.10. The van der Waals surface area contributed by atoms with Crippen molar-refractivity contribution in [2.24, 2.45) is 22.4 Å². The minimum Gasteiger partial charge on any atom is -0.484 e. The maximum atomic E-state index is 10.7. The van der Waals surface area contributed by atoms with Gasteiger partial charge in [0.05, 0.1) is 6.54 Å². The SMILES string of the molecule is CC1CCN(C(N)=NCc2cccc(OCC(N)=O)c2)CC1. The molecule has 1 aliphatic heterocycles. The molecule has 1 heterocycles. The molecule has 0 atom stereocenters. The Bertz CT molecular complexity index is 537. The van der Waals surface area contributed by atoms with E-state index in [1.807, 2.05) is 18.2 Å². The van der Waals surface area contributed by atoms with Gasteiger partial charge < -0.3 is 21.1 Å². The first kappa shape index (κ1) is 16.1. The van der Waals surface area contributed by atoms with Gasteiger partial charge in [-0.3, -0.25) is 4.79 Å². The second-order valence-corrected chi connectivity index (χ2v) is 5.75. The molecule has 2 rings (SSSR count). The van der Waals surface area contributed by atoms with Crippen molar-refractivity contribution in [1.29, 1.82) is 0 Å². The third kappa shape index (κ3) is 4.95. The molecule has 0 saturated carbocycles. The van der Waals surface area contributed by atoms with Gasteiger partial charge in [0.1, 0.15) is 5.75 Å². The molecule has 22 heavy (non-hydrogen) atoms. The summed E-state index contributed by atoms with van der Waals surface area (Å²) >= 11 is 0. The van der Waals surface area contributed by atoms with Crippen LogP contribution in [-0.4, -0.2) is 36.5 Å². The largest absolute Gasteiger partial charge is 0.484 e. The molecule has 0 unspecified atom stereocenters. The Kier molecular flexibility index (Phi) is 5.63. The van der Waals surface area contributed by atoms with Gasteiger partial charge >= 0.3 is 0 Å². The van der Waals surface area contributed by atoms with Gasteiger partial charge in [0.15, 0.2) is 12.6 Å². The van der Waals surface area contributed by atoms with Crippen LogP contribution in [0.2, 0.25) is 0 Å². The normalized spacial score (nSPS) is 16.6. The molecule has 1 saturated heterocycles. The van der Waals surface area contributed by atoms with Crippen molar-refractivity contribution in [3.8, 4) is 5.75 Å². The van der Waals surface area contributed by atoms with Crippen molar-refractivity contribution in [2.75, 3.05) is 19.7 Å². The van der Waals surface area contributed by atoms with Gasteiger partial charge in [0.25, 0.3) is 5.91 Å². The molecule has 0 radical (unpaired) electrons. The Morgan fingerprint density at radius 1 is 1.36 bits per heavy atom. The molecule has 1 fully saturated rings. The van der Waals surface area contributed by atoms with E-state index in [0.29, 0.717) is 18.3 Å². The van der Waals surface area contributed by atoms with Gasteiger partial charge in [-0.25, -0.2) is 4.99 Å². The highest BCUT2D eigenvalue weighted by atomic mass is 16.5. The van der Waals surface area contributed by atoms with Crippen LogP contribution in [0.25, 0.3) is 0 Å². The maximum Gasteiger partial charge on any atom is 0.255 e. The van der Waals surface area contributed by atoms with Crippen molar-refractivity contribution >= 4 is 11.9 Å². The quantitative estimate of drug-likeness (QED) is 0.629. The number of nitrogens with two attached hydrogens (primary N) is 2. The number of aliphatic imine (C=N–C) groups is 1. The van der Waals surface area contributed by atoms with Crippen LogP contribution in [0.3, 0.4) is 0 Å². The number of primary amides is 1. The number of carbonyl (C=O) groups is 1. The monoisotopic (exact) mass is 304 g/mol. The lowest BCUT2D eigenvalue weighted by atomic mass is 10.00. The number of guanidine groups is 1. The fourth-order valence-corrected chi connectivity index (χ4v) is 2.40. The van der Waals surface area contributed by atoms with Crippen molar-refractivity contribution in [3.63, 3.8) is 0 Å². The van der Waals surface area contributed by atoms with Crippen molar-refractivity contribution in [2.45, 2.75) is 26.3 Å². The van der Waals surface area contributed by atoms with Gasteiger partial charge in [-0.2, -0.15) is 0 Å². The van der Waals surface area contributed by atoms with Gasteiger partial charge in [-0.05, 0) is 36.5 Å². The predicted molar refractivity (Wildman–Crippen MR) is 86.4 cm³/mol. The van der Waals surface area contributed by atoms with Crippen LogP contribution >= 0.6 is 0 Å². The molecule has 4 N–H and O–H groups in total. The minimum atomic E-state index is -0.494. The fourth-order valence-electron chi connectivity index (χ4n) is 2.40. The Hall–Kier alpha value is -2.24. The third-order valence-electron chi connectivity index (χ3n) is 3.81. The summed E-state index contributed by atoms with van der Waals surface area (Å²) in [6, 6.07) is 7.44. The zero-order chi connectivity index (χ0) is 15.9. The van der Waals surface area contributed by atoms with Crippen LogP contribution in [0.1, 0.15) is 25.3 Å². The Morgan fingerprint density at radius 3 is 2.77 bits per heavy atom. The highest BCUT2D eigenvalue weighted by Gasteiger charge is 2.16. The van der Waals surface area contributed by atoms with E-state index in [-0.39, 0.29) is 6.61 Å². The molecule has 120 valence electrons. The van der Waals surface area contributed by atoms with Crippen LogP contribution in [0.15, 0.2) is 29.3 Å². The van der Waals surface area contributed by atoms with Crippen LogP contribution in [0, 0.1) is 5.92 Å². The summed E-state index contributed by atoms with van der Waals surface area (Å²) in [4.78, 5) is 17.3. The zero-order valence-electron chi connectivity index (χ0n) is 13.0. The summed E-state index contributed by atoms with van der Waals surface area (Å²) in [5.74, 6) is 1.47. The second kappa shape index (κ2) is 7.68. The van der Waals surface area contributed by atoms with Gasteiger partial charge in [0.2, 0.25) is 0 Å². The van der Waals surface area contributed by atoms with Gasteiger partial charge in [0, 0.05) is 13.1 Å². The number of hydrogen-bond acceptors (Lipinski definition) is 3. The lowest BCUT2D eigenvalue weighted by molar-refractivity contribution is -0.119. The van der Waals surface area contributed by atoms with Crippen LogP contribution in [-0.2, 0) is 11.3 Å². The number of likely N-dealkylation sites (tertiary alicyclic amines) is 1. The molecule has 6 nitrogen and oxygen atoms in total. The lowest BCUT2D eigenvalue weighted by Crippen LogP contribution is -2.42. The van der Waals surface area contributed by atoms with E-state index in [9.17, 15) is 4.79 Å². The maximum absolute atomic E-state index is 10.7. The number of ether oxygens (including phenoxy) is 1. The number of amides is 1. The summed E-state index contributed by atoms with van der Waals surface area (Å²) in [5.41, 5.74) is 12.1. The highest BCUT2D eigenvalue weighted by Crippen LogP contribution is 2.16. The first-order valence-electron chi connectivity index (χ1n) is 7.59. The van der Waals surface area contributed by atoms with Crippen LogP contribution in [0.4, 0.5) is 0 Å². The van der Waals surface area contributed by atoms with Crippen LogP contribution < -0.4 is 16.2 Å². The molecule has 1 aromatic rings. The fraction of sp³-hybridized carbons (Fsp3) is 0.500. The number of carbonyl (C=O) groups excluding carboxylic acids is 1. The molecule has 0 aliphatic carbocycles. The van der Waals surface area contributed by atoms with Crippen molar-refractivity contribution < 1.29 is 9.53 Å². The zero-order valence-corrected chi connectivity index (χ0v) is 13.0. The first-order valence-corrected chi connectivity index (χ1v) is 7.59. The summed E-state index contributed by atoms with van der Waals surface area (Å²) in [5, 5.41) is 0. The van der Waals surface area contributed by atoms with E-state index in [4.69, 9.17) is 16.2 Å². The Labute approximate surface area is 131 Å². The molecule has 0 bridgehead atoms. The summed E-state index contributed by atoms with van der Waals surface area (Å²) in [6.07, 6.45) is 2.32. The van der Waals surface area contributed by atoms with E-state index < -0.39 is 5.91 Å². The molecule has 1 aliphatic rings. The number of hydrogen-bond donors (Lipinski definition) is 2. The van der Waals surface area contributed by atoms with E-state index in [1.165, 1.54) is 0 Å². The molecule has 0 spiro atoms. The van der Waals surface area contributed by atoms with Gasteiger partial charge in [-0.15, -0.1) is 0 Å². The van der Waals surface area contributed by atoms with Crippen LogP contribution in [0.5, 0.6) is 5.75 Å². The molecule has 1 amide bonds. The molecule has 0 aromatic heterocycles. The topological polar surface area (TPSA) is 93.9 Å². The molecular formula is C16H24N4O2. The molecular weight excluding hydrogens is 280 g/mol. The minimum absolute atomic E-state index is 0.124. The molecule has 1 aromatic carbocycles. The average Bonchev–Trinajstić information content (AvgIpc) is 2.52. The summed E-state index contributed by atoms with van der Waals surface area (Å²) in [7, 11) is 0. The Balaban J connectivity index is 1.91. The highest BCUT2D eigenvalue weighted by molar-refractivity contribution is 5.78.